The summed E-state index contributed by atoms with van der Waals surface area (Å²) in [5.74, 6) is -0.347. The van der Waals surface area contributed by atoms with E-state index in [1.165, 1.54) is 7.11 Å². The molecule has 0 aromatic carbocycles. The Balaban J connectivity index is 2.93. The van der Waals surface area contributed by atoms with Gasteiger partial charge in [0.2, 0.25) is 0 Å². The van der Waals surface area contributed by atoms with Crippen LogP contribution in [-0.4, -0.2) is 13.1 Å². The Labute approximate surface area is 84.4 Å². The predicted molar refractivity (Wildman–Crippen MR) is 51.1 cm³/mol. The van der Waals surface area contributed by atoms with Crippen molar-refractivity contribution in [3.8, 4) is 0 Å². The van der Waals surface area contributed by atoms with E-state index >= 15 is 0 Å². The third-order valence-corrected chi connectivity index (χ3v) is 2.70. The fourth-order valence-corrected chi connectivity index (χ4v) is 1.63. The lowest BCUT2D eigenvalue weighted by molar-refractivity contribution is -0.135. The number of carbonyl (C=O) groups is 1. The number of ether oxygens (including phenoxy) is 1. The number of hydrogen-bond donors (Lipinski definition) is 0. The largest absolute Gasteiger partial charge is 0.465 e. The van der Waals surface area contributed by atoms with Crippen LogP contribution < -0.4 is 0 Å². The average Bonchev–Trinajstić information content (AvgIpc) is 2.08. The van der Waals surface area contributed by atoms with Crippen LogP contribution in [0, 0.1) is 0 Å². The van der Waals surface area contributed by atoms with E-state index in [0.717, 1.165) is 17.3 Å². The van der Waals surface area contributed by atoms with Gasteiger partial charge >= 0.3 is 5.97 Å². The first kappa shape index (κ1) is 9.81. The van der Waals surface area contributed by atoms with Crippen molar-refractivity contribution in [2.45, 2.75) is 12.8 Å². The molecular formula is C8H8BrClO2. The van der Waals surface area contributed by atoms with E-state index in [9.17, 15) is 4.79 Å². The predicted octanol–water partition coefficient (Wildman–Crippen LogP) is 2.72. The highest BCUT2D eigenvalue weighted by molar-refractivity contribution is 9.11. The molecule has 1 rings (SSSR count). The molecule has 0 spiro atoms. The maximum atomic E-state index is 11.1. The first-order chi connectivity index (χ1) is 5.65. The molecule has 0 fully saturated rings. The molecule has 0 saturated carbocycles. The molecule has 0 atom stereocenters. The summed E-state index contributed by atoms with van der Waals surface area (Å²) in [6, 6.07) is 0. The molecule has 0 heterocycles. The normalized spacial score (nSPS) is 17.4. The summed E-state index contributed by atoms with van der Waals surface area (Å²) in [5, 5.41) is 0.693. The standard InChI is InChI=1S/C8H8BrClO2/c1-12-8(11)6-4-5(10)2-3-7(6)9/h4H,2-3H2,1H3. The van der Waals surface area contributed by atoms with Crippen molar-refractivity contribution in [3.05, 3.63) is 21.2 Å². The first-order valence-corrected chi connectivity index (χ1v) is 4.65. The maximum absolute atomic E-state index is 11.1. The highest BCUT2D eigenvalue weighted by atomic mass is 79.9. The Morgan fingerprint density at radius 1 is 1.67 bits per heavy atom. The molecule has 0 radical (unpaired) electrons. The molecule has 0 saturated heterocycles. The Kier molecular flexibility index (Phi) is 3.35. The molecule has 0 aromatic heterocycles. The van der Waals surface area contributed by atoms with Gasteiger partial charge in [-0.2, -0.15) is 0 Å². The van der Waals surface area contributed by atoms with Gasteiger partial charge in [-0.15, -0.1) is 0 Å². The number of hydrogen-bond acceptors (Lipinski definition) is 2. The summed E-state index contributed by atoms with van der Waals surface area (Å²) in [6.45, 7) is 0. The van der Waals surface area contributed by atoms with Crippen molar-refractivity contribution in [1.29, 1.82) is 0 Å². The van der Waals surface area contributed by atoms with Gasteiger partial charge in [-0.1, -0.05) is 27.5 Å². The average molecular weight is 252 g/mol. The lowest BCUT2D eigenvalue weighted by Crippen LogP contribution is -2.07. The smallest absolute Gasteiger partial charge is 0.338 e. The lowest BCUT2D eigenvalue weighted by atomic mass is 10.1. The second-order valence-corrected chi connectivity index (χ2v) is 3.84. The van der Waals surface area contributed by atoms with Gasteiger partial charge in [0, 0.05) is 9.51 Å². The number of halogens is 2. The Morgan fingerprint density at radius 3 is 2.92 bits per heavy atom. The second kappa shape index (κ2) is 4.10. The van der Waals surface area contributed by atoms with Crippen LogP contribution in [-0.2, 0) is 9.53 Å². The molecule has 0 N–H and O–H groups in total. The van der Waals surface area contributed by atoms with Gasteiger partial charge in [-0.3, -0.25) is 0 Å². The van der Waals surface area contributed by atoms with E-state index in [1.54, 1.807) is 6.08 Å². The molecule has 4 heteroatoms. The number of allylic oxidation sites excluding steroid dienone is 2. The highest BCUT2D eigenvalue weighted by Gasteiger charge is 2.16. The topological polar surface area (TPSA) is 26.3 Å². The van der Waals surface area contributed by atoms with Gasteiger partial charge in [-0.05, 0) is 18.9 Å². The van der Waals surface area contributed by atoms with Gasteiger partial charge in [0.15, 0.2) is 0 Å². The van der Waals surface area contributed by atoms with Crippen LogP contribution in [0.1, 0.15) is 12.8 Å². The SMILES string of the molecule is COC(=O)C1=C(Br)CCC(Cl)=C1. The second-order valence-electron chi connectivity index (χ2n) is 2.40. The number of methoxy groups -OCH3 is 1. The summed E-state index contributed by atoms with van der Waals surface area (Å²) < 4.78 is 5.44. The van der Waals surface area contributed by atoms with Crippen LogP contribution in [0.15, 0.2) is 21.2 Å². The van der Waals surface area contributed by atoms with Crippen molar-refractivity contribution in [3.63, 3.8) is 0 Å². The minimum absolute atomic E-state index is 0.347. The summed E-state index contributed by atoms with van der Waals surface area (Å²) in [6.07, 6.45) is 3.18. The molecule has 66 valence electrons. The van der Waals surface area contributed by atoms with E-state index in [2.05, 4.69) is 20.7 Å². The van der Waals surface area contributed by atoms with Crippen molar-refractivity contribution < 1.29 is 9.53 Å². The van der Waals surface area contributed by atoms with Crippen LogP contribution in [0.2, 0.25) is 0 Å². The highest BCUT2D eigenvalue weighted by Crippen LogP contribution is 2.30. The van der Waals surface area contributed by atoms with Gasteiger partial charge in [0.1, 0.15) is 0 Å². The first-order valence-electron chi connectivity index (χ1n) is 3.48. The lowest BCUT2D eigenvalue weighted by Gasteiger charge is -2.10. The molecule has 1 aliphatic rings. The molecule has 12 heavy (non-hydrogen) atoms. The summed E-state index contributed by atoms with van der Waals surface area (Å²) in [5.41, 5.74) is 0.522. The van der Waals surface area contributed by atoms with Gasteiger partial charge in [0.05, 0.1) is 12.7 Å². The molecule has 0 bridgehead atoms. The van der Waals surface area contributed by atoms with Crippen molar-refractivity contribution in [2.24, 2.45) is 0 Å². The zero-order valence-corrected chi connectivity index (χ0v) is 8.91. The summed E-state index contributed by atoms with van der Waals surface area (Å²) >= 11 is 9.08. The Morgan fingerprint density at radius 2 is 2.33 bits per heavy atom. The van der Waals surface area contributed by atoms with Crippen LogP contribution in [0.3, 0.4) is 0 Å². The molecule has 2 nitrogen and oxygen atoms in total. The zero-order valence-electron chi connectivity index (χ0n) is 6.56. The number of rotatable bonds is 1. The third kappa shape index (κ3) is 2.11. The molecule has 0 amide bonds. The van der Waals surface area contributed by atoms with Crippen molar-refractivity contribution in [1.82, 2.24) is 0 Å². The Hall–Kier alpha value is -0.280. The van der Waals surface area contributed by atoms with Crippen molar-refractivity contribution in [2.75, 3.05) is 7.11 Å². The molecule has 1 aliphatic carbocycles. The Bertz CT molecular complexity index is 268. The van der Waals surface area contributed by atoms with E-state index in [0.29, 0.717) is 10.6 Å². The monoisotopic (exact) mass is 250 g/mol. The minimum atomic E-state index is -0.347. The fourth-order valence-electron chi connectivity index (χ4n) is 0.951. The maximum Gasteiger partial charge on any atom is 0.338 e. The van der Waals surface area contributed by atoms with Gasteiger partial charge in [-0.25, -0.2) is 4.79 Å². The van der Waals surface area contributed by atoms with Gasteiger partial charge in [0.25, 0.3) is 0 Å². The minimum Gasteiger partial charge on any atom is -0.465 e. The summed E-state index contributed by atoms with van der Waals surface area (Å²) in [4.78, 5) is 11.1. The van der Waals surface area contributed by atoms with E-state index < -0.39 is 0 Å². The third-order valence-electron chi connectivity index (χ3n) is 1.58. The zero-order chi connectivity index (χ0) is 9.14. The number of carbonyl (C=O) groups excluding carboxylic acids is 1. The molecule has 0 unspecified atom stereocenters. The van der Waals surface area contributed by atoms with E-state index in [1.807, 2.05) is 0 Å². The van der Waals surface area contributed by atoms with Crippen LogP contribution in [0.25, 0.3) is 0 Å². The quantitative estimate of drug-likeness (QED) is 0.670. The van der Waals surface area contributed by atoms with E-state index in [4.69, 9.17) is 11.6 Å². The molecular weight excluding hydrogens is 243 g/mol. The van der Waals surface area contributed by atoms with Crippen LogP contribution in [0.5, 0.6) is 0 Å². The van der Waals surface area contributed by atoms with Crippen LogP contribution in [0.4, 0.5) is 0 Å². The fraction of sp³-hybridized carbons (Fsp3) is 0.375. The van der Waals surface area contributed by atoms with Crippen molar-refractivity contribution >= 4 is 33.5 Å². The number of esters is 1. The molecule has 0 aliphatic heterocycles. The van der Waals surface area contributed by atoms with Crippen LogP contribution >= 0.6 is 27.5 Å². The van der Waals surface area contributed by atoms with Gasteiger partial charge < -0.3 is 4.74 Å². The van der Waals surface area contributed by atoms with E-state index in [-0.39, 0.29) is 5.97 Å². The summed E-state index contributed by atoms with van der Waals surface area (Å²) in [7, 11) is 1.35. The molecule has 0 aromatic rings.